The summed E-state index contributed by atoms with van der Waals surface area (Å²) < 4.78 is 18.7. The summed E-state index contributed by atoms with van der Waals surface area (Å²) in [5, 5.41) is 0. The molecule has 2 aromatic carbocycles. The van der Waals surface area contributed by atoms with Crippen LogP contribution in [0.3, 0.4) is 0 Å². The Kier molecular flexibility index (Phi) is 7.45. The van der Waals surface area contributed by atoms with Gasteiger partial charge in [0.2, 0.25) is 0 Å². The van der Waals surface area contributed by atoms with Crippen LogP contribution >= 0.6 is 11.3 Å². The van der Waals surface area contributed by atoms with E-state index >= 15 is 0 Å². The second kappa shape index (κ2) is 10.5. The summed E-state index contributed by atoms with van der Waals surface area (Å²) in [4.78, 5) is 32.0. The van der Waals surface area contributed by atoms with E-state index in [1.54, 1.807) is 32.4 Å². The summed E-state index contributed by atoms with van der Waals surface area (Å²) in [6, 6.07) is 14.3. The van der Waals surface area contributed by atoms with Crippen LogP contribution in [0.1, 0.15) is 51.8 Å². The van der Waals surface area contributed by atoms with E-state index in [9.17, 15) is 9.59 Å². The maximum Gasteiger partial charge on any atom is 0.338 e. The van der Waals surface area contributed by atoms with E-state index < -0.39 is 12.0 Å². The highest BCUT2D eigenvalue weighted by molar-refractivity contribution is 7.07. The normalized spacial score (nSPS) is 15.7. The second-order valence-corrected chi connectivity index (χ2v) is 10.1. The van der Waals surface area contributed by atoms with Crippen molar-refractivity contribution in [2.24, 2.45) is 4.99 Å². The third-order valence-electron chi connectivity index (χ3n) is 5.57. The smallest absolute Gasteiger partial charge is 0.338 e. The number of carbonyl (C=O) groups excluding carboxylic acids is 1. The van der Waals surface area contributed by atoms with Crippen LogP contribution in [0.5, 0.6) is 11.5 Å². The fourth-order valence-corrected chi connectivity index (χ4v) is 5.07. The number of thiazole rings is 1. The molecule has 188 valence electrons. The van der Waals surface area contributed by atoms with Gasteiger partial charge in [-0.2, -0.15) is 0 Å². The minimum absolute atomic E-state index is 0.0808. The van der Waals surface area contributed by atoms with Crippen molar-refractivity contribution in [3.8, 4) is 11.5 Å². The molecule has 1 aliphatic heterocycles. The number of ether oxygens (including phenoxy) is 3. The van der Waals surface area contributed by atoms with Gasteiger partial charge in [0.15, 0.2) is 4.80 Å². The van der Waals surface area contributed by atoms with Gasteiger partial charge in [-0.15, -0.1) is 0 Å². The van der Waals surface area contributed by atoms with Gasteiger partial charge in [0.1, 0.15) is 11.5 Å². The average Bonchev–Trinajstić information content (AvgIpc) is 3.13. The number of rotatable bonds is 7. The number of benzene rings is 2. The molecule has 3 aromatic rings. The van der Waals surface area contributed by atoms with Gasteiger partial charge in [0.25, 0.3) is 5.56 Å². The van der Waals surface area contributed by atoms with Crippen molar-refractivity contribution in [3.63, 3.8) is 0 Å². The van der Waals surface area contributed by atoms with Crippen LogP contribution < -0.4 is 24.4 Å². The van der Waals surface area contributed by atoms with Crippen molar-refractivity contribution in [1.29, 1.82) is 0 Å². The third kappa shape index (κ3) is 5.28. The zero-order chi connectivity index (χ0) is 26.0. The van der Waals surface area contributed by atoms with E-state index in [1.807, 2.05) is 68.5 Å². The van der Waals surface area contributed by atoms with Gasteiger partial charge in [-0.25, -0.2) is 9.79 Å². The van der Waals surface area contributed by atoms with E-state index in [0.29, 0.717) is 26.4 Å². The van der Waals surface area contributed by atoms with Crippen molar-refractivity contribution >= 4 is 23.4 Å². The van der Waals surface area contributed by atoms with Crippen molar-refractivity contribution in [2.45, 2.75) is 52.9 Å². The SMILES string of the molecule is COc1ccc([C@H]2C(C(=O)OC(C)C)=C(C)N=c3s/c(=C\c4ccc(OC(C)C)cc4)c(=O)n32)cc1. The second-order valence-electron chi connectivity index (χ2n) is 9.04. The predicted octanol–water partition coefficient (Wildman–Crippen LogP) is 3.98. The molecule has 1 aromatic heterocycles. The van der Waals surface area contributed by atoms with E-state index in [-0.39, 0.29) is 17.8 Å². The van der Waals surface area contributed by atoms with Crippen LogP contribution in [0.15, 0.2) is 69.6 Å². The fraction of sp³-hybridized carbons (Fsp3) is 0.321. The number of hydrogen-bond acceptors (Lipinski definition) is 7. The maximum absolute atomic E-state index is 13.7. The lowest BCUT2D eigenvalue weighted by molar-refractivity contribution is -0.143. The zero-order valence-corrected chi connectivity index (χ0v) is 22.1. The Morgan fingerprint density at radius 2 is 1.64 bits per heavy atom. The Balaban J connectivity index is 1.85. The van der Waals surface area contributed by atoms with Crippen molar-refractivity contribution in [3.05, 3.63) is 90.6 Å². The number of hydrogen-bond donors (Lipinski definition) is 0. The summed E-state index contributed by atoms with van der Waals surface area (Å²) in [5.41, 5.74) is 2.30. The van der Waals surface area contributed by atoms with E-state index in [4.69, 9.17) is 14.2 Å². The average molecular weight is 507 g/mol. The monoisotopic (exact) mass is 506 g/mol. The lowest BCUT2D eigenvalue weighted by Crippen LogP contribution is -2.40. The van der Waals surface area contributed by atoms with Crippen LogP contribution in [-0.4, -0.2) is 29.9 Å². The first-order valence-electron chi connectivity index (χ1n) is 11.8. The Labute approximate surface area is 214 Å². The molecule has 0 amide bonds. The van der Waals surface area contributed by atoms with Crippen molar-refractivity contribution in [1.82, 2.24) is 4.57 Å². The highest BCUT2D eigenvalue weighted by atomic mass is 32.1. The van der Waals surface area contributed by atoms with Gasteiger partial charge in [-0.05, 0) is 76.1 Å². The quantitative estimate of drug-likeness (QED) is 0.453. The molecule has 4 rings (SSSR count). The number of allylic oxidation sites excluding steroid dienone is 1. The lowest BCUT2D eigenvalue weighted by atomic mass is 9.96. The molecule has 36 heavy (non-hydrogen) atoms. The molecule has 0 fully saturated rings. The zero-order valence-electron chi connectivity index (χ0n) is 21.3. The van der Waals surface area contributed by atoms with E-state index in [0.717, 1.165) is 16.9 Å². The van der Waals surface area contributed by atoms with Gasteiger partial charge in [-0.3, -0.25) is 9.36 Å². The first kappa shape index (κ1) is 25.4. The standard InChI is InChI=1S/C28H30N2O5S/c1-16(2)34-22-11-7-19(8-12-22)15-23-26(31)30-25(20-9-13-21(33-6)14-10-20)24(27(32)35-17(3)4)18(5)29-28(30)36-23/h7-17,25H,1-6H3/b23-15-/t25-/m0/s1. The molecule has 2 heterocycles. The molecule has 7 nitrogen and oxygen atoms in total. The van der Waals surface area contributed by atoms with Crippen LogP contribution in [0.25, 0.3) is 6.08 Å². The third-order valence-corrected chi connectivity index (χ3v) is 6.55. The van der Waals surface area contributed by atoms with Crippen molar-refractivity contribution in [2.75, 3.05) is 7.11 Å². The van der Waals surface area contributed by atoms with Gasteiger partial charge in [0, 0.05) is 0 Å². The number of nitrogens with zero attached hydrogens (tertiary/aromatic N) is 2. The Hall–Kier alpha value is -3.65. The van der Waals surface area contributed by atoms with Crippen molar-refractivity contribution < 1.29 is 19.0 Å². The van der Waals surface area contributed by atoms with Crippen LogP contribution in [0.4, 0.5) is 0 Å². The first-order chi connectivity index (χ1) is 17.2. The van der Waals surface area contributed by atoms with Gasteiger partial charge >= 0.3 is 5.97 Å². The van der Waals surface area contributed by atoms with E-state index in [1.165, 1.54) is 11.3 Å². The highest BCUT2D eigenvalue weighted by Gasteiger charge is 2.33. The molecule has 8 heteroatoms. The lowest BCUT2D eigenvalue weighted by Gasteiger charge is -2.25. The van der Waals surface area contributed by atoms with Gasteiger partial charge in [-0.1, -0.05) is 35.6 Å². The summed E-state index contributed by atoms with van der Waals surface area (Å²) in [6.07, 6.45) is 1.61. The van der Waals surface area contributed by atoms with Crippen LogP contribution in [0.2, 0.25) is 0 Å². The van der Waals surface area contributed by atoms with Gasteiger partial charge in [0.05, 0.1) is 41.2 Å². The minimum Gasteiger partial charge on any atom is -0.497 e. The van der Waals surface area contributed by atoms with Crippen LogP contribution in [-0.2, 0) is 9.53 Å². The van der Waals surface area contributed by atoms with E-state index in [2.05, 4.69) is 4.99 Å². The minimum atomic E-state index is -0.664. The largest absolute Gasteiger partial charge is 0.497 e. The first-order valence-corrected chi connectivity index (χ1v) is 12.6. The molecular formula is C28H30N2O5S. The number of esters is 1. The van der Waals surface area contributed by atoms with Crippen LogP contribution in [0, 0.1) is 0 Å². The summed E-state index contributed by atoms with van der Waals surface area (Å²) in [6.45, 7) is 9.31. The predicted molar refractivity (Wildman–Crippen MR) is 140 cm³/mol. The molecule has 1 atom stereocenters. The Morgan fingerprint density at radius 1 is 1.00 bits per heavy atom. The molecule has 0 saturated heterocycles. The van der Waals surface area contributed by atoms with Gasteiger partial charge < -0.3 is 14.2 Å². The number of fused-ring (bicyclic) bond motifs is 1. The Morgan fingerprint density at radius 3 is 2.22 bits per heavy atom. The number of aromatic nitrogens is 1. The molecule has 0 unspecified atom stereocenters. The molecular weight excluding hydrogens is 476 g/mol. The number of carbonyl (C=O) groups is 1. The topological polar surface area (TPSA) is 79.1 Å². The molecule has 0 spiro atoms. The molecule has 0 N–H and O–H groups in total. The molecule has 0 aliphatic carbocycles. The molecule has 0 radical (unpaired) electrons. The number of methoxy groups -OCH3 is 1. The fourth-order valence-electron chi connectivity index (χ4n) is 4.03. The Bertz CT molecular complexity index is 1460. The molecule has 0 bridgehead atoms. The maximum atomic E-state index is 13.7. The molecule has 0 saturated carbocycles. The molecule has 1 aliphatic rings. The summed E-state index contributed by atoms with van der Waals surface area (Å²) in [7, 11) is 1.59. The highest BCUT2D eigenvalue weighted by Crippen LogP contribution is 2.31. The summed E-state index contributed by atoms with van der Waals surface area (Å²) in [5.74, 6) is 0.970. The summed E-state index contributed by atoms with van der Waals surface area (Å²) >= 11 is 1.30.